The van der Waals surface area contributed by atoms with E-state index in [1.165, 1.54) is 18.5 Å². The summed E-state index contributed by atoms with van der Waals surface area (Å²) in [4.78, 5) is 4.17. The molecule has 0 aliphatic rings. The molecule has 0 saturated carbocycles. The number of nitrogens with zero attached hydrogens (tertiary/aromatic N) is 1. The largest absolute Gasteiger partial charge is 0.443 e. The van der Waals surface area contributed by atoms with E-state index in [1.807, 2.05) is 36.4 Å². The fourth-order valence-electron chi connectivity index (χ4n) is 1.88. The van der Waals surface area contributed by atoms with Gasteiger partial charge < -0.3 is 4.42 Å². The summed E-state index contributed by atoms with van der Waals surface area (Å²) in [7, 11) is 0. The standard InChI is InChI=1S/C15H10FNO/c16-13-8-4-7-12(9-13)14-15(18-10-17-14)11-5-2-1-3-6-11/h1-10H. The number of benzene rings is 2. The van der Waals surface area contributed by atoms with E-state index in [1.54, 1.807) is 6.07 Å². The van der Waals surface area contributed by atoms with Crippen LogP contribution in [0, 0.1) is 5.82 Å². The topological polar surface area (TPSA) is 26.0 Å². The highest BCUT2D eigenvalue weighted by Crippen LogP contribution is 2.30. The lowest BCUT2D eigenvalue weighted by Crippen LogP contribution is -1.83. The van der Waals surface area contributed by atoms with Crippen LogP contribution in [-0.4, -0.2) is 4.98 Å². The van der Waals surface area contributed by atoms with E-state index in [-0.39, 0.29) is 5.82 Å². The molecule has 18 heavy (non-hydrogen) atoms. The van der Waals surface area contributed by atoms with Gasteiger partial charge in [0.25, 0.3) is 0 Å². The Morgan fingerprint density at radius 1 is 0.889 bits per heavy atom. The molecule has 3 rings (SSSR count). The maximum atomic E-state index is 13.2. The Kier molecular flexibility index (Phi) is 2.65. The minimum atomic E-state index is -0.283. The summed E-state index contributed by atoms with van der Waals surface area (Å²) < 4.78 is 18.6. The van der Waals surface area contributed by atoms with E-state index in [9.17, 15) is 4.39 Å². The number of halogens is 1. The first kappa shape index (κ1) is 10.7. The Balaban J connectivity index is 2.13. The number of oxazole rings is 1. The molecule has 0 fully saturated rings. The van der Waals surface area contributed by atoms with Gasteiger partial charge in [-0.3, -0.25) is 0 Å². The van der Waals surface area contributed by atoms with Gasteiger partial charge >= 0.3 is 0 Å². The van der Waals surface area contributed by atoms with Crippen LogP contribution in [-0.2, 0) is 0 Å². The molecule has 3 aromatic rings. The van der Waals surface area contributed by atoms with E-state index in [4.69, 9.17) is 4.42 Å². The molecular weight excluding hydrogens is 229 g/mol. The molecule has 0 atom stereocenters. The SMILES string of the molecule is Fc1cccc(-c2ncoc2-c2ccccc2)c1. The predicted molar refractivity (Wildman–Crippen MR) is 67.3 cm³/mol. The van der Waals surface area contributed by atoms with Gasteiger partial charge in [0, 0.05) is 11.1 Å². The van der Waals surface area contributed by atoms with Crippen molar-refractivity contribution < 1.29 is 8.81 Å². The van der Waals surface area contributed by atoms with Gasteiger partial charge in [0.2, 0.25) is 0 Å². The lowest BCUT2D eigenvalue weighted by atomic mass is 10.1. The number of aromatic nitrogens is 1. The first-order chi connectivity index (χ1) is 8.84. The average molecular weight is 239 g/mol. The highest BCUT2D eigenvalue weighted by molar-refractivity contribution is 5.76. The second-order valence-electron chi connectivity index (χ2n) is 3.91. The highest BCUT2D eigenvalue weighted by Gasteiger charge is 2.12. The molecule has 0 bridgehead atoms. The van der Waals surface area contributed by atoms with Crippen LogP contribution in [0.4, 0.5) is 4.39 Å². The normalized spacial score (nSPS) is 10.5. The summed E-state index contributed by atoms with van der Waals surface area (Å²) in [5, 5.41) is 0. The van der Waals surface area contributed by atoms with Crippen LogP contribution < -0.4 is 0 Å². The molecular formula is C15H10FNO. The third-order valence-electron chi connectivity index (χ3n) is 2.70. The first-order valence-corrected chi connectivity index (χ1v) is 5.59. The molecule has 2 nitrogen and oxygen atoms in total. The molecule has 0 amide bonds. The Hall–Kier alpha value is -2.42. The predicted octanol–water partition coefficient (Wildman–Crippen LogP) is 4.15. The van der Waals surface area contributed by atoms with Crippen LogP contribution in [0.2, 0.25) is 0 Å². The molecule has 0 saturated heterocycles. The van der Waals surface area contributed by atoms with Crippen LogP contribution >= 0.6 is 0 Å². The zero-order valence-electron chi connectivity index (χ0n) is 9.51. The Bertz CT molecular complexity index is 661. The van der Waals surface area contributed by atoms with Crippen molar-refractivity contribution in [1.82, 2.24) is 4.98 Å². The van der Waals surface area contributed by atoms with Crippen LogP contribution in [0.1, 0.15) is 0 Å². The minimum Gasteiger partial charge on any atom is -0.443 e. The third kappa shape index (κ3) is 1.91. The fourth-order valence-corrected chi connectivity index (χ4v) is 1.88. The van der Waals surface area contributed by atoms with Crippen molar-refractivity contribution in [1.29, 1.82) is 0 Å². The molecule has 2 aromatic carbocycles. The molecule has 1 aromatic heterocycles. The van der Waals surface area contributed by atoms with E-state index < -0.39 is 0 Å². The molecule has 0 radical (unpaired) electrons. The van der Waals surface area contributed by atoms with Gasteiger partial charge in [-0.25, -0.2) is 9.37 Å². The first-order valence-electron chi connectivity index (χ1n) is 5.59. The summed E-state index contributed by atoms with van der Waals surface area (Å²) in [6.07, 6.45) is 1.38. The summed E-state index contributed by atoms with van der Waals surface area (Å²) in [5.41, 5.74) is 2.29. The molecule has 0 aliphatic carbocycles. The molecule has 88 valence electrons. The average Bonchev–Trinajstić information content (AvgIpc) is 2.89. The van der Waals surface area contributed by atoms with Gasteiger partial charge in [-0.2, -0.15) is 0 Å². The smallest absolute Gasteiger partial charge is 0.182 e. The van der Waals surface area contributed by atoms with Gasteiger partial charge in [-0.15, -0.1) is 0 Å². The van der Waals surface area contributed by atoms with E-state index >= 15 is 0 Å². The van der Waals surface area contributed by atoms with Gasteiger partial charge in [0.15, 0.2) is 12.2 Å². The zero-order chi connectivity index (χ0) is 12.4. The zero-order valence-corrected chi connectivity index (χ0v) is 9.51. The quantitative estimate of drug-likeness (QED) is 0.671. The fraction of sp³-hybridized carbons (Fsp3) is 0. The van der Waals surface area contributed by atoms with Crippen molar-refractivity contribution in [3.8, 4) is 22.6 Å². The number of hydrogen-bond acceptors (Lipinski definition) is 2. The van der Waals surface area contributed by atoms with Gasteiger partial charge in [-0.1, -0.05) is 42.5 Å². The highest BCUT2D eigenvalue weighted by atomic mass is 19.1. The molecule has 0 unspecified atom stereocenters. The monoisotopic (exact) mass is 239 g/mol. The minimum absolute atomic E-state index is 0.283. The summed E-state index contributed by atoms with van der Waals surface area (Å²) in [5.74, 6) is 0.371. The Morgan fingerprint density at radius 2 is 1.67 bits per heavy atom. The van der Waals surface area contributed by atoms with Crippen molar-refractivity contribution in [2.24, 2.45) is 0 Å². The van der Waals surface area contributed by atoms with Crippen molar-refractivity contribution in [2.75, 3.05) is 0 Å². The van der Waals surface area contributed by atoms with Crippen LogP contribution in [0.3, 0.4) is 0 Å². The second kappa shape index (κ2) is 4.45. The van der Waals surface area contributed by atoms with Crippen molar-refractivity contribution in [3.63, 3.8) is 0 Å². The van der Waals surface area contributed by atoms with E-state index in [0.717, 1.165) is 5.56 Å². The number of rotatable bonds is 2. The molecule has 0 spiro atoms. The molecule has 3 heteroatoms. The van der Waals surface area contributed by atoms with Gasteiger partial charge in [-0.05, 0) is 12.1 Å². The van der Waals surface area contributed by atoms with E-state index in [0.29, 0.717) is 17.0 Å². The Morgan fingerprint density at radius 3 is 2.44 bits per heavy atom. The van der Waals surface area contributed by atoms with Gasteiger partial charge in [0.05, 0.1) is 0 Å². The third-order valence-corrected chi connectivity index (χ3v) is 2.70. The summed E-state index contributed by atoms with van der Waals surface area (Å²) in [6, 6.07) is 16.0. The van der Waals surface area contributed by atoms with Crippen molar-refractivity contribution in [3.05, 3.63) is 66.8 Å². The molecule has 0 N–H and O–H groups in total. The maximum absolute atomic E-state index is 13.2. The molecule has 0 aliphatic heterocycles. The van der Waals surface area contributed by atoms with Crippen molar-refractivity contribution in [2.45, 2.75) is 0 Å². The summed E-state index contributed by atoms with van der Waals surface area (Å²) in [6.45, 7) is 0. The summed E-state index contributed by atoms with van der Waals surface area (Å²) >= 11 is 0. The number of hydrogen-bond donors (Lipinski definition) is 0. The lowest BCUT2D eigenvalue weighted by Gasteiger charge is -2.01. The van der Waals surface area contributed by atoms with Crippen LogP contribution in [0.15, 0.2) is 65.4 Å². The van der Waals surface area contributed by atoms with E-state index in [2.05, 4.69) is 4.98 Å². The van der Waals surface area contributed by atoms with Crippen LogP contribution in [0.5, 0.6) is 0 Å². The van der Waals surface area contributed by atoms with Gasteiger partial charge in [0.1, 0.15) is 11.5 Å². The molecule has 1 heterocycles. The Labute approximate surface area is 104 Å². The van der Waals surface area contributed by atoms with Crippen LogP contribution in [0.25, 0.3) is 22.6 Å². The second-order valence-corrected chi connectivity index (χ2v) is 3.91. The van der Waals surface area contributed by atoms with Crippen molar-refractivity contribution >= 4 is 0 Å². The maximum Gasteiger partial charge on any atom is 0.182 e. The lowest BCUT2D eigenvalue weighted by molar-refractivity contribution is 0.572.